The Morgan fingerprint density at radius 2 is 1.63 bits per heavy atom. The molecule has 1 heterocycles. The summed E-state index contributed by atoms with van der Waals surface area (Å²) in [5, 5.41) is 0.683. The average Bonchev–Trinajstić information content (AvgIpc) is 3.15. The van der Waals surface area contributed by atoms with Crippen LogP contribution in [-0.2, 0) is 30.2 Å². The van der Waals surface area contributed by atoms with Crippen molar-refractivity contribution >= 4 is 28.9 Å². The molecular formula is C27H29NO7. The molecule has 1 atom stereocenters. The second-order valence-electron chi connectivity index (χ2n) is 9.44. The average molecular weight is 480 g/mol. The van der Waals surface area contributed by atoms with Gasteiger partial charge in [-0.15, -0.1) is 0 Å². The van der Waals surface area contributed by atoms with Gasteiger partial charge in [0.05, 0.1) is 26.8 Å². The van der Waals surface area contributed by atoms with Crippen molar-refractivity contribution in [2.24, 2.45) is 5.92 Å². The molecule has 8 heteroatoms. The Labute approximate surface area is 203 Å². The summed E-state index contributed by atoms with van der Waals surface area (Å²) < 4.78 is 22.8. The predicted octanol–water partition coefficient (Wildman–Crippen LogP) is 4.43. The summed E-state index contributed by atoms with van der Waals surface area (Å²) in [4.78, 5) is 39.4. The lowest BCUT2D eigenvalue weighted by Crippen LogP contribution is -2.35. The summed E-state index contributed by atoms with van der Waals surface area (Å²) in [6.45, 7) is 5.40. The molecule has 0 spiro atoms. The van der Waals surface area contributed by atoms with Gasteiger partial charge in [-0.05, 0) is 55.7 Å². The summed E-state index contributed by atoms with van der Waals surface area (Å²) in [6.07, 6.45) is -0.132. The topological polar surface area (TPSA) is 93.1 Å². The van der Waals surface area contributed by atoms with E-state index in [1.807, 2.05) is 30.3 Å². The van der Waals surface area contributed by atoms with Crippen molar-refractivity contribution in [3.63, 3.8) is 0 Å². The van der Waals surface area contributed by atoms with Gasteiger partial charge in [-0.3, -0.25) is 9.59 Å². The molecule has 3 aromatic rings. The minimum atomic E-state index is -1.27. The third kappa shape index (κ3) is 4.24. The van der Waals surface area contributed by atoms with Gasteiger partial charge in [-0.25, -0.2) is 9.36 Å². The van der Waals surface area contributed by atoms with Crippen molar-refractivity contribution in [3.8, 4) is 5.75 Å². The van der Waals surface area contributed by atoms with Crippen LogP contribution in [0, 0.1) is 5.92 Å². The van der Waals surface area contributed by atoms with E-state index in [4.69, 9.17) is 18.9 Å². The number of aromatic nitrogens is 1. The van der Waals surface area contributed by atoms with Crippen molar-refractivity contribution in [1.29, 1.82) is 0 Å². The van der Waals surface area contributed by atoms with Gasteiger partial charge in [0.2, 0.25) is 0 Å². The molecule has 0 fully saturated rings. The Kier molecular flexibility index (Phi) is 6.32. The monoisotopic (exact) mass is 479 g/mol. The number of ether oxygens (including phenoxy) is 4. The van der Waals surface area contributed by atoms with E-state index in [2.05, 4.69) is 0 Å². The molecule has 0 radical (unpaired) electrons. The van der Waals surface area contributed by atoms with Crippen molar-refractivity contribution in [3.05, 3.63) is 64.8 Å². The van der Waals surface area contributed by atoms with Crippen LogP contribution in [0.1, 0.15) is 49.1 Å². The highest BCUT2D eigenvalue weighted by atomic mass is 16.6. The van der Waals surface area contributed by atoms with Gasteiger partial charge < -0.3 is 18.9 Å². The van der Waals surface area contributed by atoms with E-state index in [0.29, 0.717) is 34.3 Å². The van der Waals surface area contributed by atoms with Gasteiger partial charge in [0.1, 0.15) is 11.4 Å². The van der Waals surface area contributed by atoms with Gasteiger partial charge >= 0.3 is 18.0 Å². The van der Waals surface area contributed by atoms with E-state index < -0.39 is 35.5 Å². The number of nitrogens with zero attached hydrogens (tertiary/aromatic N) is 1. The van der Waals surface area contributed by atoms with E-state index in [1.54, 1.807) is 40.0 Å². The fraction of sp³-hybridized carbons (Fsp3) is 0.370. The Bertz CT molecular complexity index is 1300. The molecule has 4 rings (SSSR count). The number of carbonyl (C=O) groups excluding carboxylic acids is 3. The van der Waals surface area contributed by atoms with Gasteiger partial charge in [0.25, 0.3) is 0 Å². The SMILES string of the molecule is COC(=O)C(C(=O)OC)C1c2ccccc2Cc2c1c1cc(OC)ccc1n2C(=O)OC(C)(C)C. The van der Waals surface area contributed by atoms with Crippen LogP contribution in [0.5, 0.6) is 5.75 Å². The Morgan fingerprint density at radius 1 is 0.971 bits per heavy atom. The number of rotatable bonds is 4. The summed E-state index contributed by atoms with van der Waals surface area (Å²) in [6, 6.07) is 12.9. The number of methoxy groups -OCH3 is 3. The quantitative estimate of drug-likeness (QED) is 0.310. The Morgan fingerprint density at radius 3 is 2.23 bits per heavy atom. The van der Waals surface area contributed by atoms with Crippen LogP contribution in [0.25, 0.3) is 10.9 Å². The number of fused-ring (bicyclic) bond motifs is 4. The molecule has 0 saturated heterocycles. The predicted molar refractivity (Wildman–Crippen MR) is 129 cm³/mol. The minimum absolute atomic E-state index is 0.410. The number of carbonyl (C=O) groups is 3. The molecule has 0 N–H and O–H groups in total. The molecule has 1 aromatic heterocycles. The first-order valence-corrected chi connectivity index (χ1v) is 11.3. The third-order valence-electron chi connectivity index (χ3n) is 6.19. The van der Waals surface area contributed by atoms with Crippen molar-refractivity contribution in [2.75, 3.05) is 21.3 Å². The molecule has 35 heavy (non-hydrogen) atoms. The number of esters is 2. The zero-order chi connectivity index (χ0) is 25.5. The highest BCUT2D eigenvalue weighted by molar-refractivity contribution is 6.01. The lowest BCUT2D eigenvalue weighted by Gasteiger charge is -2.31. The smallest absolute Gasteiger partial charge is 0.419 e. The maximum absolute atomic E-state index is 13.5. The molecule has 2 aromatic carbocycles. The zero-order valence-electron chi connectivity index (χ0n) is 20.7. The minimum Gasteiger partial charge on any atom is -0.497 e. The standard InChI is InChI=1S/C27H29NO7/c1-27(2,3)35-26(31)28-19-12-11-16(32-4)14-18(19)21-20(28)13-15-9-7-8-10-17(15)22(21)23(24(29)33-5)25(30)34-6/h7-12,14,22-23H,13H2,1-6H3. The van der Waals surface area contributed by atoms with Crippen LogP contribution in [-0.4, -0.2) is 49.5 Å². The summed E-state index contributed by atoms with van der Waals surface area (Å²) >= 11 is 0. The van der Waals surface area contributed by atoms with Crippen LogP contribution in [0.15, 0.2) is 42.5 Å². The molecule has 0 saturated carbocycles. The third-order valence-corrected chi connectivity index (χ3v) is 6.19. The molecule has 184 valence electrons. The highest BCUT2D eigenvalue weighted by Crippen LogP contribution is 2.47. The van der Waals surface area contributed by atoms with Crippen LogP contribution in [0.3, 0.4) is 0 Å². The second kappa shape index (κ2) is 9.09. The molecule has 1 aliphatic rings. The molecule has 1 unspecified atom stereocenters. The fourth-order valence-electron chi connectivity index (χ4n) is 4.81. The number of benzene rings is 2. The van der Waals surface area contributed by atoms with E-state index in [-0.39, 0.29) is 0 Å². The van der Waals surface area contributed by atoms with E-state index >= 15 is 0 Å². The van der Waals surface area contributed by atoms with Gasteiger partial charge in [0.15, 0.2) is 5.92 Å². The molecule has 0 aliphatic heterocycles. The molecular weight excluding hydrogens is 450 g/mol. The molecule has 0 amide bonds. The highest BCUT2D eigenvalue weighted by Gasteiger charge is 2.45. The first-order chi connectivity index (χ1) is 16.6. The second-order valence-corrected chi connectivity index (χ2v) is 9.44. The fourth-order valence-corrected chi connectivity index (χ4v) is 4.81. The maximum atomic E-state index is 13.5. The van der Waals surface area contributed by atoms with E-state index in [9.17, 15) is 14.4 Å². The van der Waals surface area contributed by atoms with E-state index in [1.165, 1.54) is 18.8 Å². The number of hydrogen-bond donors (Lipinski definition) is 0. The van der Waals surface area contributed by atoms with Gasteiger partial charge in [0, 0.05) is 23.4 Å². The first-order valence-electron chi connectivity index (χ1n) is 11.3. The summed E-state index contributed by atoms with van der Waals surface area (Å²) in [5.74, 6) is -2.87. The Balaban J connectivity index is 2.09. The van der Waals surface area contributed by atoms with Crippen molar-refractivity contribution in [1.82, 2.24) is 4.57 Å². The maximum Gasteiger partial charge on any atom is 0.419 e. The van der Waals surface area contributed by atoms with Crippen molar-refractivity contribution in [2.45, 2.75) is 38.7 Å². The van der Waals surface area contributed by atoms with Crippen molar-refractivity contribution < 1.29 is 33.3 Å². The largest absolute Gasteiger partial charge is 0.497 e. The molecule has 0 bridgehead atoms. The lowest BCUT2D eigenvalue weighted by molar-refractivity contribution is -0.159. The van der Waals surface area contributed by atoms with Gasteiger partial charge in [-0.2, -0.15) is 0 Å². The van der Waals surface area contributed by atoms with Crippen LogP contribution < -0.4 is 4.74 Å². The molecule has 8 nitrogen and oxygen atoms in total. The summed E-state index contributed by atoms with van der Waals surface area (Å²) in [5.41, 5.74) is 2.87. The zero-order valence-corrected chi connectivity index (χ0v) is 20.7. The van der Waals surface area contributed by atoms with Crippen LogP contribution in [0.2, 0.25) is 0 Å². The lowest BCUT2D eigenvalue weighted by atomic mass is 9.73. The molecule has 1 aliphatic carbocycles. The summed E-state index contributed by atoms with van der Waals surface area (Å²) in [7, 11) is 4.03. The normalized spacial score (nSPS) is 14.8. The number of hydrogen-bond acceptors (Lipinski definition) is 7. The van der Waals surface area contributed by atoms with E-state index in [0.717, 1.165) is 11.1 Å². The van der Waals surface area contributed by atoms with Crippen LogP contribution >= 0.6 is 0 Å². The van der Waals surface area contributed by atoms with Gasteiger partial charge in [-0.1, -0.05) is 24.3 Å². The Hall–Kier alpha value is -3.81. The van der Waals surface area contributed by atoms with Crippen LogP contribution in [0.4, 0.5) is 4.79 Å². The first kappa shape index (κ1) is 24.3.